The molecule has 10 rings (SSSR count). The van der Waals surface area contributed by atoms with E-state index in [9.17, 15) is 0 Å². The molecule has 1 aliphatic rings. The Balaban J connectivity index is 1.18. The molecule has 6 nitrogen and oxygen atoms in total. The molecule has 0 bridgehead atoms. The summed E-state index contributed by atoms with van der Waals surface area (Å²) in [5.41, 5.74) is 16.6. The van der Waals surface area contributed by atoms with E-state index < -0.39 is 0 Å². The first-order chi connectivity index (χ1) is 28.1. The molecule has 6 heteroatoms. The van der Waals surface area contributed by atoms with Crippen molar-refractivity contribution < 1.29 is 0 Å². The molecule has 6 aromatic carbocycles. The van der Waals surface area contributed by atoms with Gasteiger partial charge in [-0.15, -0.1) is 0 Å². The zero-order valence-corrected chi connectivity index (χ0v) is 31.1. The third-order valence-electron chi connectivity index (χ3n) is 10.2. The highest BCUT2D eigenvalue weighted by Gasteiger charge is 2.18. The van der Waals surface area contributed by atoms with Crippen LogP contribution in [0.25, 0.3) is 95.2 Å². The minimum Gasteiger partial charge on any atom is -0.301 e. The van der Waals surface area contributed by atoms with E-state index in [4.69, 9.17) is 15.0 Å². The Morgan fingerprint density at radius 3 is 1.74 bits per heavy atom. The molecule has 0 atom stereocenters. The lowest BCUT2D eigenvalue weighted by molar-refractivity contribution is 1.07. The molecule has 57 heavy (non-hydrogen) atoms. The van der Waals surface area contributed by atoms with Crippen LogP contribution in [0.3, 0.4) is 0 Å². The van der Waals surface area contributed by atoms with Crippen LogP contribution in [0, 0.1) is 0 Å². The number of fused-ring (bicyclic) bond motifs is 3. The number of pyridine rings is 1. The normalized spacial score (nSPS) is 12.4. The number of hydrogen-bond donors (Lipinski definition) is 0. The van der Waals surface area contributed by atoms with Gasteiger partial charge in [0.25, 0.3) is 0 Å². The molecule has 1 aliphatic heterocycles. The Hall–Kier alpha value is -7.79. The number of rotatable bonds is 7. The first kappa shape index (κ1) is 33.8. The van der Waals surface area contributed by atoms with Crippen molar-refractivity contribution in [2.45, 2.75) is 6.92 Å². The zero-order valence-electron chi connectivity index (χ0n) is 31.1. The van der Waals surface area contributed by atoms with Crippen LogP contribution < -0.4 is 0 Å². The second-order valence-corrected chi connectivity index (χ2v) is 14.0. The molecule has 9 aromatic rings. The quantitative estimate of drug-likeness (QED) is 0.153. The van der Waals surface area contributed by atoms with Crippen molar-refractivity contribution in [3.05, 3.63) is 194 Å². The molecule has 0 amide bonds. The topological polar surface area (TPSA) is 68.8 Å². The number of nitrogens with zero attached hydrogens (tertiary/aromatic N) is 6. The second kappa shape index (κ2) is 14.5. The molecular formula is C51H34N6. The molecule has 0 aliphatic carbocycles. The lowest BCUT2D eigenvalue weighted by Crippen LogP contribution is -2.00. The molecule has 0 saturated heterocycles. The molecule has 0 fully saturated rings. The van der Waals surface area contributed by atoms with Crippen LogP contribution in [0.5, 0.6) is 0 Å². The van der Waals surface area contributed by atoms with Gasteiger partial charge in [-0.3, -0.25) is 9.98 Å². The summed E-state index contributed by atoms with van der Waals surface area (Å²) in [5, 5.41) is 2.30. The van der Waals surface area contributed by atoms with Gasteiger partial charge in [-0.25, -0.2) is 15.0 Å². The number of benzene rings is 6. The van der Waals surface area contributed by atoms with E-state index in [-0.39, 0.29) is 0 Å². The van der Waals surface area contributed by atoms with E-state index in [1.807, 2.05) is 110 Å². The highest BCUT2D eigenvalue weighted by molar-refractivity contribution is 6.16. The van der Waals surface area contributed by atoms with Crippen LogP contribution in [0.15, 0.2) is 199 Å². The summed E-state index contributed by atoms with van der Waals surface area (Å²) in [6.45, 7) is 2.05. The van der Waals surface area contributed by atoms with Gasteiger partial charge < -0.3 is 4.57 Å². The average molecular weight is 731 g/mol. The molecule has 4 heterocycles. The van der Waals surface area contributed by atoms with Crippen LogP contribution in [0.1, 0.15) is 6.92 Å². The third-order valence-corrected chi connectivity index (χ3v) is 10.2. The maximum Gasteiger partial charge on any atom is 0.164 e. The fourth-order valence-electron chi connectivity index (χ4n) is 7.46. The van der Waals surface area contributed by atoms with Gasteiger partial charge in [0.1, 0.15) is 5.70 Å². The van der Waals surface area contributed by atoms with E-state index in [2.05, 4.69) is 105 Å². The van der Waals surface area contributed by atoms with Crippen LogP contribution in [0.2, 0.25) is 0 Å². The van der Waals surface area contributed by atoms with Crippen LogP contribution in [-0.4, -0.2) is 30.7 Å². The molecule has 268 valence electrons. The fraction of sp³-hybridized carbons (Fsp3) is 0.0196. The maximum atomic E-state index is 5.12. The minimum atomic E-state index is 0.601. The minimum absolute atomic E-state index is 0.601. The molecular weight excluding hydrogens is 697 g/mol. The zero-order chi connectivity index (χ0) is 38.1. The summed E-state index contributed by atoms with van der Waals surface area (Å²) in [7, 11) is 0. The van der Waals surface area contributed by atoms with Crippen LogP contribution in [0.4, 0.5) is 0 Å². The fourth-order valence-corrected chi connectivity index (χ4v) is 7.46. The van der Waals surface area contributed by atoms with Crippen molar-refractivity contribution in [1.29, 1.82) is 0 Å². The number of allylic oxidation sites excluding steroid dienone is 2. The van der Waals surface area contributed by atoms with Crippen molar-refractivity contribution in [2.24, 2.45) is 4.99 Å². The lowest BCUT2D eigenvalue weighted by atomic mass is 9.94. The van der Waals surface area contributed by atoms with Gasteiger partial charge in [0.2, 0.25) is 0 Å². The molecule has 0 unspecified atom stereocenters. The predicted octanol–water partition coefficient (Wildman–Crippen LogP) is 12.4. The number of hydrogen-bond acceptors (Lipinski definition) is 5. The van der Waals surface area contributed by atoms with Gasteiger partial charge in [-0.1, -0.05) is 121 Å². The van der Waals surface area contributed by atoms with E-state index in [1.54, 1.807) is 0 Å². The van der Waals surface area contributed by atoms with E-state index in [0.717, 1.165) is 83.3 Å². The summed E-state index contributed by atoms with van der Waals surface area (Å²) in [5.74, 6) is 1.84. The Morgan fingerprint density at radius 1 is 0.456 bits per heavy atom. The van der Waals surface area contributed by atoms with E-state index in [1.165, 1.54) is 0 Å². The van der Waals surface area contributed by atoms with E-state index in [0.29, 0.717) is 17.5 Å². The van der Waals surface area contributed by atoms with Gasteiger partial charge in [0.05, 0.1) is 22.9 Å². The second-order valence-electron chi connectivity index (χ2n) is 14.0. The van der Waals surface area contributed by atoms with Crippen molar-refractivity contribution in [3.8, 4) is 67.7 Å². The summed E-state index contributed by atoms with van der Waals surface area (Å²) >= 11 is 0. The highest BCUT2D eigenvalue weighted by atomic mass is 15.0. The van der Waals surface area contributed by atoms with Crippen molar-refractivity contribution in [2.75, 3.05) is 0 Å². The van der Waals surface area contributed by atoms with Gasteiger partial charge >= 0.3 is 0 Å². The third kappa shape index (κ3) is 6.57. The molecule has 0 radical (unpaired) electrons. The first-order valence-electron chi connectivity index (χ1n) is 18.9. The lowest BCUT2D eigenvalue weighted by Gasteiger charge is -2.13. The number of para-hydroxylation sites is 1. The van der Waals surface area contributed by atoms with Gasteiger partial charge in [0.15, 0.2) is 17.5 Å². The number of aromatic nitrogens is 5. The standard InChI is InChI=1S/C51H34N6/c1-34-25-27-52-33-43(28-34)57-47-18-9-8-16-44(47)45-32-39(23-24-48(45)57)41-29-40(35-19-21-36(22-20-35)46-17-10-11-26-53-46)30-42(31-41)51-55-49(37-12-4-2-5-13-37)54-50(56-51)38-14-6-3-7-15-38/h2-27,29-33H,1H3. The van der Waals surface area contributed by atoms with Gasteiger partial charge in [-0.2, -0.15) is 0 Å². The molecule has 0 saturated carbocycles. The van der Waals surface area contributed by atoms with Crippen molar-refractivity contribution in [1.82, 2.24) is 24.5 Å². The van der Waals surface area contributed by atoms with Crippen molar-refractivity contribution in [3.63, 3.8) is 0 Å². The average Bonchev–Trinajstić information content (AvgIpc) is 3.46. The first-order valence-corrected chi connectivity index (χ1v) is 18.9. The molecule has 0 N–H and O–H groups in total. The Labute approximate surface area is 330 Å². The smallest absolute Gasteiger partial charge is 0.164 e. The summed E-state index contributed by atoms with van der Waals surface area (Å²) < 4.78 is 2.25. The highest BCUT2D eigenvalue weighted by Crippen LogP contribution is 2.38. The predicted molar refractivity (Wildman–Crippen MR) is 233 cm³/mol. The summed E-state index contributed by atoms with van der Waals surface area (Å²) in [6.07, 6.45) is 7.50. The van der Waals surface area contributed by atoms with Gasteiger partial charge in [-0.05, 0) is 89.4 Å². The summed E-state index contributed by atoms with van der Waals surface area (Å²) in [6, 6.07) is 56.6. The Bertz CT molecular complexity index is 3020. The largest absolute Gasteiger partial charge is 0.301 e. The van der Waals surface area contributed by atoms with Crippen molar-refractivity contribution >= 4 is 33.7 Å². The number of aliphatic imine (C=N–C) groups is 1. The maximum absolute atomic E-state index is 5.12. The van der Waals surface area contributed by atoms with Crippen LogP contribution >= 0.6 is 0 Å². The Kier molecular flexibility index (Phi) is 8.56. The van der Waals surface area contributed by atoms with Crippen LogP contribution in [-0.2, 0) is 0 Å². The Morgan fingerprint density at radius 2 is 1.04 bits per heavy atom. The van der Waals surface area contributed by atoms with E-state index >= 15 is 0 Å². The monoisotopic (exact) mass is 730 g/mol. The molecule has 3 aromatic heterocycles. The summed E-state index contributed by atoms with van der Waals surface area (Å²) in [4.78, 5) is 24.3. The SMILES string of the molecule is CC1=C=C(n2c3ccccc3c3cc(-c4cc(-c5ccc(-c6ccccn6)cc5)cc(-c5nc(-c6ccccc6)nc(-c6ccccc6)n5)c4)ccc32)C=NC=C1. The van der Waals surface area contributed by atoms with Gasteiger partial charge in [0, 0.05) is 45.4 Å². The molecule has 0 spiro atoms.